The van der Waals surface area contributed by atoms with Crippen LogP contribution in [-0.4, -0.2) is 6.04 Å². The van der Waals surface area contributed by atoms with Gasteiger partial charge in [0, 0.05) is 6.04 Å². The van der Waals surface area contributed by atoms with Crippen LogP contribution in [0.3, 0.4) is 0 Å². The standard InChI is InChI=1S/C42H57N/c1-10-14-19-29(5)20-18-23-37(43)27-34-24-25-38-33(9)41(40(31(7)12-3)39(38)28-34)42(36-21-16-15-17-22-36)35(13-4)26-32(8)30(6)11-2/h10,14-17,19,21-22,24-25,28,30-31,37H,8-9,11-13,18,20,23,26-27,43H2,1-7H3. The lowest BCUT2D eigenvalue weighted by atomic mass is 9.81. The number of rotatable bonds is 16. The van der Waals surface area contributed by atoms with Crippen LogP contribution in [0.15, 0.2) is 102 Å². The van der Waals surface area contributed by atoms with Crippen LogP contribution in [0.4, 0.5) is 0 Å². The minimum absolute atomic E-state index is 0.158. The van der Waals surface area contributed by atoms with Crippen molar-refractivity contribution in [1.82, 2.24) is 0 Å². The Morgan fingerprint density at radius 1 is 0.977 bits per heavy atom. The smallest absolute Gasteiger partial charge is 0.00794 e. The summed E-state index contributed by atoms with van der Waals surface area (Å²) >= 11 is 0. The second-order valence-electron chi connectivity index (χ2n) is 12.7. The molecule has 0 spiro atoms. The van der Waals surface area contributed by atoms with Gasteiger partial charge >= 0.3 is 0 Å². The van der Waals surface area contributed by atoms with Gasteiger partial charge in [0.25, 0.3) is 0 Å². The van der Waals surface area contributed by atoms with Crippen LogP contribution >= 0.6 is 0 Å². The van der Waals surface area contributed by atoms with E-state index in [4.69, 9.17) is 12.3 Å². The molecule has 0 aromatic heterocycles. The second kappa shape index (κ2) is 16.6. The Balaban J connectivity index is 2.06. The highest BCUT2D eigenvalue weighted by atomic mass is 14.6. The monoisotopic (exact) mass is 575 g/mol. The van der Waals surface area contributed by atoms with E-state index in [0.29, 0.717) is 11.8 Å². The van der Waals surface area contributed by atoms with Crippen molar-refractivity contribution in [1.29, 1.82) is 0 Å². The lowest BCUT2D eigenvalue weighted by molar-refractivity contribution is 0.579. The normalized spacial score (nSPS) is 16.4. The Morgan fingerprint density at radius 3 is 2.33 bits per heavy atom. The van der Waals surface area contributed by atoms with Gasteiger partial charge in [0.05, 0.1) is 0 Å². The number of fused-ring (bicyclic) bond motifs is 1. The highest BCUT2D eigenvalue weighted by Gasteiger charge is 2.32. The van der Waals surface area contributed by atoms with Crippen LogP contribution in [0.25, 0.3) is 16.7 Å². The van der Waals surface area contributed by atoms with Gasteiger partial charge in [-0.2, -0.15) is 0 Å². The van der Waals surface area contributed by atoms with Crippen molar-refractivity contribution in [3.05, 3.63) is 124 Å². The fourth-order valence-corrected chi connectivity index (χ4v) is 6.29. The minimum atomic E-state index is 0.158. The zero-order chi connectivity index (χ0) is 31.5. The molecule has 0 aliphatic heterocycles. The number of hydrogen-bond acceptors (Lipinski definition) is 1. The van der Waals surface area contributed by atoms with Crippen molar-refractivity contribution in [2.45, 2.75) is 106 Å². The zero-order valence-corrected chi connectivity index (χ0v) is 28.2. The maximum Gasteiger partial charge on any atom is 0.00794 e. The van der Waals surface area contributed by atoms with Crippen molar-refractivity contribution in [2.24, 2.45) is 17.6 Å². The molecule has 2 N–H and O–H groups in total. The maximum absolute atomic E-state index is 6.70. The lowest BCUT2D eigenvalue weighted by Crippen LogP contribution is -2.22. The zero-order valence-electron chi connectivity index (χ0n) is 28.2. The van der Waals surface area contributed by atoms with Crippen LogP contribution in [0.1, 0.15) is 116 Å². The second-order valence-corrected chi connectivity index (χ2v) is 12.7. The molecule has 1 nitrogen and oxygen atoms in total. The summed E-state index contributed by atoms with van der Waals surface area (Å²) < 4.78 is 0. The molecule has 0 amide bonds. The molecule has 1 aliphatic rings. The minimum Gasteiger partial charge on any atom is -0.327 e. The number of allylic oxidation sites excluding steroid dienone is 10. The van der Waals surface area contributed by atoms with Crippen LogP contribution < -0.4 is 5.73 Å². The fraction of sp³-hybridized carbons (Fsp3) is 0.429. The first-order valence-corrected chi connectivity index (χ1v) is 16.7. The molecule has 3 unspecified atom stereocenters. The molecule has 2 aromatic carbocycles. The van der Waals surface area contributed by atoms with Gasteiger partial charge in [-0.3, -0.25) is 0 Å². The van der Waals surface area contributed by atoms with Gasteiger partial charge in [-0.05, 0) is 122 Å². The summed E-state index contributed by atoms with van der Waals surface area (Å²) in [4.78, 5) is 0. The third-order valence-corrected chi connectivity index (χ3v) is 9.44. The molecule has 0 fully saturated rings. The summed E-state index contributed by atoms with van der Waals surface area (Å²) in [7, 11) is 0. The molecule has 0 saturated carbocycles. The summed E-state index contributed by atoms with van der Waals surface area (Å²) in [6.45, 7) is 25.1. The first-order chi connectivity index (χ1) is 20.7. The van der Waals surface area contributed by atoms with E-state index >= 15 is 0 Å². The lowest BCUT2D eigenvalue weighted by Gasteiger charge is -2.23. The molecule has 1 heteroatoms. The molecule has 230 valence electrons. The van der Waals surface area contributed by atoms with E-state index in [1.165, 1.54) is 55.7 Å². The molecular weight excluding hydrogens is 518 g/mol. The Bertz CT molecular complexity index is 1380. The number of nitrogens with two attached hydrogens (primary N) is 1. The van der Waals surface area contributed by atoms with Crippen molar-refractivity contribution >= 4 is 16.7 Å². The highest BCUT2D eigenvalue weighted by Crippen LogP contribution is 2.51. The molecule has 2 aromatic rings. The predicted octanol–water partition coefficient (Wildman–Crippen LogP) is 11.9. The predicted molar refractivity (Wildman–Crippen MR) is 193 cm³/mol. The third-order valence-electron chi connectivity index (χ3n) is 9.44. The van der Waals surface area contributed by atoms with Crippen LogP contribution in [-0.2, 0) is 6.42 Å². The van der Waals surface area contributed by atoms with E-state index in [9.17, 15) is 0 Å². The average Bonchev–Trinajstić information content (AvgIpc) is 3.29. The molecule has 1 aliphatic carbocycles. The SMILES string of the molecule is C=C1C(C(=C(CC)CC(=C)C(C)CC)c2ccccc2)=C(C(C)CC)c2cc(CC(N)CCCC(C)=CC=CC)ccc21. The average molecular weight is 576 g/mol. The van der Waals surface area contributed by atoms with Crippen molar-refractivity contribution in [3.8, 4) is 0 Å². The summed E-state index contributed by atoms with van der Waals surface area (Å²) in [5, 5.41) is 0. The van der Waals surface area contributed by atoms with Gasteiger partial charge in [-0.1, -0.05) is 131 Å². The summed E-state index contributed by atoms with van der Waals surface area (Å²) in [6.07, 6.45) is 14.7. The number of hydrogen-bond donors (Lipinski definition) is 1. The topological polar surface area (TPSA) is 26.0 Å². The molecule has 0 radical (unpaired) electrons. The quantitative estimate of drug-likeness (QED) is 0.156. The molecule has 0 bridgehead atoms. The maximum atomic E-state index is 6.70. The largest absolute Gasteiger partial charge is 0.327 e. The Hall–Kier alpha value is -3.16. The van der Waals surface area contributed by atoms with Gasteiger partial charge < -0.3 is 5.73 Å². The Kier molecular flexibility index (Phi) is 13.3. The van der Waals surface area contributed by atoms with Crippen molar-refractivity contribution in [3.63, 3.8) is 0 Å². The third kappa shape index (κ3) is 8.70. The summed E-state index contributed by atoms with van der Waals surface area (Å²) in [5.41, 5.74) is 21.4. The van der Waals surface area contributed by atoms with E-state index in [1.807, 2.05) is 0 Å². The van der Waals surface area contributed by atoms with Gasteiger partial charge in [-0.15, -0.1) is 0 Å². The van der Waals surface area contributed by atoms with Crippen LogP contribution in [0.5, 0.6) is 0 Å². The van der Waals surface area contributed by atoms with E-state index in [0.717, 1.165) is 56.9 Å². The first kappa shape index (κ1) is 34.3. The summed E-state index contributed by atoms with van der Waals surface area (Å²) in [6, 6.07) is 18.2. The van der Waals surface area contributed by atoms with E-state index < -0.39 is 0 Å². The first-order valence-electron chi connectivity index (χ1n) is 16.7. The fourth-order valence-electron chi connectivity index (χ4n) is 6.29. The van der Waals surface area contributed by atoms with Gasteiger partial charge in [-0.25, -0.2) is 0 Å². The van der Waals surface area contributed by atoms with E-state index in [2.05, 4.69) is 122 Å². The molecule has 0 heterocycles. The van der Waals surface area contributed by atoms with Crippen molar-refractivity contribution < 1.29 is 0 Å². The van der Waals surface area contributed by atoms with E-state index in [-0.39, 0.29) is 6.04 Å². The Morgan fingerprint density at radius 2 is 1.70 bits per heavy atom. The number of benzene rings is 2. The molecule has 3 atom stereocenters. The highest BCUT2D eigenvalue weighted by molar-refractivity contribution is 6.12. The van der Waals surface area contributed by atoms with Crippen LogP contribution in [0.2, 0.25) is 0 Å². The molecular formula is C42H57N. The van der Waals surface area contributed by atoms with Crippen LogP contribution in [0, 0.1) is 11.8 Å². The van der Waals surface area contributed by atoms with E-state index in [1.54, 1.807) is 0 Å². The molecule has 3 rings (SSSR count). The summed E-state index contributed by atoms with van der Waals surface area (Å²) in [5.74, 6) is 0.920. The van der Waals surface area contributed by atoms with Gasteiger partial charge in [0.15, 0.2) is 0 Å². The van der Waals surface area contributed by atoms with Gasteiger partial charge in [0.1, 0.15) is 0 Å². The van der Waals surface area contributed by atoms with Crippen molar-refractivity contribution in [2.75, 3.05) is 0 Å². The molecule has 0 saturated heterocycles. The Labute approximate surface area is 264 Å². The van der Waals surface area contributed by atoms with Gasteiger partial charge in [0.2, 0.25) is 0 Å². The molecule has 43 heavy (non-hydrogen) atoms.